The summed E-state index contributed by atoms with van der Waals surface area (Å²) in [4.78, 5) is 11.0. The van der Waals surface area contributed by atoms with Crippen LogP contribution in [-0.2, 0) is 25.7 Å². The van der Waals surface area contributed by atoms with Gasteiger partial charge in [-0.05, 0) is 72.2 Å². The lowest BCUT2D eigenvalue weighted by Gasteiger charge is -2.08. The molecule has 0 aliphatic carbocycles. The number of aryl methyl sites for hydroxylation is 4. The number of phenolic OH excluding ortho intramolecular Hbond substituents is 3. The highest BCUT2D eigenvalue weighted by Gasteiger charge is 2.10. The summed E-state index contributed by atoms with van der Waals surface area (Å²) in [5.74, 6) is -2.59. The van der Waals surface area contributed by atoms with E-state index < -0.39 is 11.7 Å². The minimum absolute atomic E-state index is 0.109. The molecule has 6 heteroatoms. The number of carboxylic acid groups (broad SMARTS) is 1. The first-order valence-corrected chi connectivity index (χ1v) is 9.20. The van der Waals surface area contributed by atoms with Crippen LogP contribution in [0.1, 0.15) is 32.6 Å². The van der Waals surface area contributed by atoms with Gasteiger partial charge in [-0.2, -0.15) is 0 Å². The van der Waals surface area contributed by atoms with E-state index in [2.05, 4.69) is 6.07 Å². The Kier molecular flexibility index (Phi) is 5.93. The van der Waals surface area contributed by atoms with Crippen LogP contribution < -0.4 is 0 Å². The van der Waals surface area contributed by atoms with Crippen LogP contribution in [0.3, 0.4) is 0 Å². The zero-order valence-corrected chi connectivity index (χ0v) is 15.7. The van der Waals surface area contributed by atoms with Crippen molar-refractivity contribution in [3.8, 4) is 23.0 Å². The van der Waals surface area contributed by atoms with Gasteiger partial charge < -0.3 is 25.5 Å². The van der Waals surface area contributed by atoms with Gasteiger partial charge in [0.2, 0.25) is 0 Å². The maximum atomic E-state index is 11.0. The van der Waals surface area contributed by atoms with Crippen LogP contribution in [0.5, 0.6) is 23.0 Å². The predicted octanol–water partition coefficient (Wildman–Crippen LogP) is 3.78. The van der Waals surface area contributed by atoms with Crippen LogP contribution in [-0.4, -0.2) is 31.5 Å². The quantitative estimate of drug-likeness (QED) is 0.389. The van der Waals surface area contributed by atoms with Crippen LogP contribution in [0.15, 0.2) is 54.6 Å². The second kappa shape index (κ2) is 8.56. The topological polar surface area (TPSA) is 118 Å². The molecule has 0 saturated heterocycles. The molecule has 150 valence electrons. The van der Waals surface area contributed by atoms with Crippen molar-refractivity contribution in [1.82, 2.24) is 0 Å². The Morgan fingerprint density at radius 3 is 1.62 bits per heavy atom. The third-order valence-corrected chi connectivity index (χ3v) is 4.82. The molecule has 0 spiro atoms. The van der Waals surface area contributed by atoms with E-state index in [0.29, 0.717) is 19.3 Å². The molecule has 0 heterocycles. The number of benzene rings is 3. The number of carbonyl (C=O) groups is 1. The molecular formula is C23H22O6. The fourth-order valence-corrected chi connectivity index (χ4v) is 3.24. The number of aromatic carboxylic acids is 1. The van der Waals surface area contributed by atoms with Crippen LogP contribution in [0.2, 0.25) is 0 Å². The third kappa shape index (κ3) is 4.99. The highest BCUT2D eigenvalue weighted by atomic mass is 16.4. The molecule has 0 unspecified atom stereocenters. The zero-order chi connectivity index (χ0) is 21.0. The third-order valence-electron chi connectivity index (χ3n) is 4.82. The van der Waals surface area contributed by atoms with Crippen molar-refractivity contribution in [2.45, 2.75) is 25.7 Å². The number of carboxylic acids is 1. The molecule has 0 aliphatic rings. The number of aromatic hydroxyl groups is 4. The van der Waals surface area contributed by atoms with Gasteiger partial charge in [0.15, 0.2) is 17.2 Å². The van der Waals surface area contributed by atoms with Crippen molar-refractivity contribution >= 4 is 5.97 Å². The standard InChI is InChI=1S/C23H22O6/c24-19-11-16(8-9-18(19)23(28)29)5-4-14-2-1-3-15(10-14)6-7-17-12-20(25)22(27)21(26)13-17/h1-3,8-13,24-27H,4-7H2,(H,28,29). The normalized spacial score (nSPS) is 10.8. The summed E-state index contributed by atoms with van der Waals surface area (Å²) < 4.78 is 0. The van der Waals surface area contributed by atoms with E-state index in [0.717, 1.165) is 28.7 Å². The summed E-state index contributed by atoms with van der Waals surface area (Å²) >= 11 is 0. The first-order valence-electron chi connectivity index (χ1n) is 9.20. The fraction of sp³-hybridized carbons (Fsp3) is 0.174. The van der Waals surface area contributed by atoms with Gasteiger partial charge in [0.05, 0.1) is 0 Å². The van der Waals surface area contributed by atoms with Crippen LogP contribution >= 0.6 is 0 Å². The van der Waals surface area contributed by atoms with Gasteiger partial charge in [0.25, 0.3) is 0 Å². The average Bonchev–Trinajstić information content (AvgIpc) is 2.69. The molecule has 0 aliphatic heterocycles. The van der Waals surface area contributed by atoms with Gasteiger partial charge in [0, 0.05) is 0 Å². The highest BCUT2D eigenvalue weighted by Crippen LogP contribution is 2.35. The second-order valence-corrected chi connectivity index (χ2v) is 6.96. The van der Waals surface area contributed by atoms with E-state index in [-0.39, 0.29) is 22.8 Å². The summed E-state index contributed by atoms with van der Waals surface area (Å²) in [7, 11) is 0. The van der Waals surface area contributed by atoms with Gasteiger partial charge in [-0.25, -0.2) is 4.79 Å². The lowest BCUT2D eigenvalue weighted by atomic mass is 9.98. The Labute approximate surface area is 168 Å². The van der Waals surface area contributed by atoms with E-state index in [1.165, 1.54) is 24.3 Å². The number of hydrogen-bond acceptors (Lipinski definition) is 5. The van der Waals surface area contributed by atoms with Crippen LogP contribution in [0, 0.1) is 0 Å². The fourth-order valence-electron chi connectivity index (χ4n) is 3.24. The molecule has 0 bridgehead atoms. The van der Waals surface area contributed by atoms with E-state index in [1.54, 1.807) is 6.07 Å². The van der Waals surface area contributed by atoms with E-state index in [9.17, 15) is 25.2 Å². The lowest BCUT2D eigenvalue weighted by Crippen LogP contribution is -1.99. The SMILES string of the molecule is O=C(O)c1ccc(CCc2cccc(CCc3cc(O)c(O)c(O)c3)c2)cc1O. The van der Waals surface area contributed by atoms with Gasteiger partial charge in [-0.1, -0.05) is 30.3 Å². The van der Waals surface area contributed by atoms with Gasteiger partial charge in [-0.3, -0.25) is 0 Å². The van der Waals surface area contributed by atoms with Crippen molar-refractivity contribution in [2.24, 2.45) is 0 Å². The molecule has 0 saturated carbocycles. The first kappa shape index (κ1) is 20.1. The summed E-state index contributed by atoms with van der Waals surface area (Å²) in [6, 6.07) is 15.5. The van der Waals surface area contributed by atoms with Crippen LogP contribution in [0.4, 0.5) is 0 Å². The van der Waals surface area contributed by atoms with Gasteiger partial charge >= 0.3 is 5.97 Å². The van der Waals surface area contributed by atoms with E-state index in [1.807, 2.05) is 18.2 Å². The molecule has 5 N–H and O–H groups in total. The Morgan fingerprint density at radius 2 is 1.10 bits per heavy atom. The van der Waals surface area contributed by atoms with Gasteiger partial charge in [-0.15, -0.1) is 0 Å². The van der Waals surface area contributed by atoms with Crippen molar-refractivity contribution in [1.29, 1.82) is 0 Å². The Morgan fingerprint density at radius 1 is 0.621 bits per heavy atom. The number of hydrogen-bond donors (Lipinski definition) is 5. The zero-order valence-electron chi connectivity index (χ0n) is 15.7. The monoisotopic (exact) mass is 394 g/mol. The molecule has 6 nitrogen and oxygen atoms in total. The Balaban J connectivity index is 1.62. The molecule has 29 heavy (non-hydrogen) atoms. The molecule has 0 aromatic heterocycles. The molecule has 3 rings (SSSR count). The number of phenols is 4. The molecule has 0 radical (unpaired) electrons. The summed E-state index contributed by atoms with van der Waals surface area (Å²) in [6.45, 7) is 0. The molecule has 0 atom stereocenters. The van der Waals surface area contributed by atoms with Crippen molar-refractivity contribution < 1.29 is 30.3 Å². The maximum Gasteiger partial charge on any atom is 0.339 e. The molecule has 0 fully saturated rings. The molecule has 0 amide bonds. The molecule has 3 aromatic rings. The summed E-state index contributed by atoms with van der Waals surface area (Å²) in [5, 5.41) is 47.4. The molecular weight excluding hydrogens is 372 g/mol. The second-order valence-electron chi connectivity index (χ2n) is 6.96. The molecule has 3 aromatic carbocycles. The smallest absolute Gasteiger partial charge is 0.339 e. The van der Waals surface area contributed by atoms with Crippen molar-refractivity contribution in [2.75, 3.05) is 0 Å². The Hall–Kier alpha value is -3.67. The maximum absolute atomic E-state index is 11.0. The highest BCUT2D eigenvalue weighted by molar-refractivity contribution is 5.90. The summed E-state index contributed by atoms with van der Waals surface area (Å²) in [6.07, 6.45) is 2.69. The van der Waals surface area contributed by atoms with Crippen LogP contribution in [0.25, 0.3) is 0 Å². The Bertz CT molecular complexity index is 1020. The predicted molar refractivity (Wildman–Crippen MR) is 108 cm³/mol. The first-order chi connectivity index (χ1) is 13.8. The average molecular weight is 394 g/mol. The van der Waals surface area contributed by atoms with Crippen molar-refractivity contribution in [3.63, 3.8) is 0 Å². The lowest BCUT2D eigenvalue weighted by molar-refractivity contribution is 0.0693. The van der Waals surface area contributed by atoms with E-state index in [4.69, 9.17) is 5.11 Å². The largest absolute Gasteiger partial charge is 0.507 e. The minimum Gasteiger partial charge on any atom is -0.507 e. The van der Waals surface area contributed by atoms with Crippen molar-refractivity contribution in [3.05, 3.63) is 82.4 Å². The minimum atomic E-state index is -1.16. The summed E-state index contributed by atoms with van der Waals surface area (Å²) in [5.41, 5.74) is 3.67. The van der Waals surface area contributed by atoms with Gasteiger partial charge in [0.1, 0.15) is 11.3 Å². The number of rotatable bonds is 7. The van der Waals surface area contributed by atoms with E-state index >= 15 is 0 Å².